The molecule has 0 saturated carbocycles. The minimum absolute atomic E-state index is 0. The number of rotatable bonds is 1. The Balaban J connectivity index is 0.000000845. The van der Waals surface area contributed by atoms with Crippen LogP contribution in [0.3, 0.4) is 0 Å². The Morgan fingerprint density at radius 2 is 2.38 bits per heavy atom. The van der Waals surface area contributed by atoms with Gasteiger partial charge in [-0.15, -0.1) is 18.2 Å². The fourth-order valence-corrected chi connectivity index (χ4v) is 1.10. The molecule has 0 aliphatic rings. The topological polar surface area (TPSA) is 71.8 Å². The Labute approximate surface area is 99.8 Å². The number of nitrogens with zero attached hydrogens (tertiary/aromatic N) is 1. The minimum atomic E-state index is -0.507. The maximum Gasteiger partial charge on any atom is 0.164 e. The molecule has 2 aromatic rings. The number of carbonyl (C=O) groups excluding carboxylic acids is 1. The third kappa shape index (κ3) is 1.79. The Bertz CT molecular complexity index is 438. The van der Waals surface area contributed by atoms with Crippen molar-refractivity contribution < 1.29 is 37.5 Å². The Kier molecular flexibility index (Phi) is 3.17. The maximum absolute atomic E-state index is 10.8. The monoisotopic (exact) mass is 249 g/mol. The fraction of sp³-hybridized carbons (Fsp3) is 0. The van der Waals surface area contributed by atoms with Gasteiger partial charge in [-0.05, 0) is 5.52 Å². The van der Waals surface area contributed by atoms with Crippen LogP contribution in [-0.4, -0.2) is 15.9 Å². The predicted octanol–water partition coefficient (Wildman–Crippen LogP) is 0.459. The SMILES string of the molecule is NC(=O)c1[c-]ccc2[nH]cnc12.[Y]. The molecule has 1 aromatic carbocycles. The van der Waals surface area contributed by atoms with E-state index in [1.807, 2.05) is 0 Å². The van der Waals surface area contributed by atoms with Crippen molar-refractivity contribution in [3.8, 4) is 0 Å². The summed E-state index contributed by atoms with van der Waals surface area (Å²) in [7, 11) is 0. The van der Waals surface area contributed by atoms with Gasteiger partial charge in [-0.25, -0.2) is 0 Å². The first-order chi connectivity index (χ1) is 5.79. The number of H-pyrrole nitrogens is 1. The number of fused-ring (bicyclic) bond motifs is 1. The Morgan fingerprint density at radius 1 is 1.62 bits per heavy atom. The predicted molar refractivity (Wildman–Crippen MR) is 43.4 cm³/mol. The van der Waals surface area contributed by atoms with E-state index < -0.39 is 5.91 Å². The molecule has 1 aromatic heterocycles. The van der Waals surface area contributed by atoms with Crippen molar-refractivity contribution >= 4 is 16.9 Å². The van der Waals surface area contributed by atoms with Gasteiger partial charge in [-0.1, -0.05) is 5.56 Å². The molecule has 0 saturated heterocycles. The van der Waals surface area contributed by atoms with Gasteiger partial charge in [0.05, 0.1) is 6.33 Å². The molecule has 0 atom stereocenters. The van der Waals surface area contributed by atoms with E-state index in [-0.39, 0.29) is 32.7 Å². The molecule has 0 spiro atoms. The van der Waals surface area contributed by atoms with Crippen LogP contribution in [0.15, 0.2) is 18.5 Å². The van der Waals surface area contributed by atoms with Crippen molar-refractivity contribution in [3.05, 3.63) is 30.1 Å². The summed E-state index contributed by atoms with van der Waals surface area (Å²) in [5, 5.41) is 0. The zero-order valence-corrected chi connectivity index (χ0v) is 9.58. The van der Waals surface area contributed by atoms with Gasteiger partial charge in [0.1, 0.15) is 0 Å². The molecule has 1 radical (unpaired) electrons. The molecular formula is C8H6N3OY-. The molecule has 13 heavy (non-hydrogen) atoms. The first-order valence-corrected chi connectivity index (χ1v) is 3.42. The van der Waals surface area contributed by atoms with Crippen LogP contribution in [0.2, 0.25) is 0 Å². The largest absolute Gasteiger partial charge is 0.404 e. The number of aromatic amines is 1. The molecule has 4 nitrogen and oxygen atoms in total. The number of nitrogens with two attached hydrogens (primary N) is 1. The molecule has 1 heterocycles. The van der Waals surface area contributed by atoms with E-state index in [0.717, 1.165) is 5.52 Å². The molecule has 0 unspecified atom stereocenters. The molecule has 2 rings (SSSR count). The number of amides is 1. The first-order valence-electron chi connectivity index (χ1n) is 3.42. The van der Waals surface area contributed by atoms with Crippen LogP contribution in [0.1, 0.15) is 10.4 Å². The zero-order chi connectivity index (χ0) is 8.55. The van der Waals surface area contributed by atoms with E-state index in [4.69, 9.17) is 5.73 Å². The number of hydrogen-bond acceptors (Lipinski definition) is 2. The van der Waals surface area contributed by atoms with Crippen molar-refractivity contribution in [2.75, 3.05) is 0 Å². The summed E-state index contributed by atoms with van der Waals surface area (Å²) in [6.07, 6.45) is 1.52. The molecule has 0 fully saturated rings. The Morgan fingerprint density at radius 3 is 3.08 bits per heavy atom. The van der Waals surface area contributed by atoms with Gasteiger partial charge in [0.2, 0.25) is 0 Å². The second-order valence-electron chi connectivity index (χ2n) is 2.38. The van der Waals surface area contributed by atoms with Crippen LogP contribution in [0.4, 0.5) is 0 Å². The summed E-state index contributed by atoms with van der Waals surface area (Å²) >= 11 is 0. The van der Waals surface area contributed by atoms with Crippen LogP contribution in [0.25, 0.3) is 11.0 Å². The standard InChI is InChI=1S/C8H6N3O.Y/c9-8(12)5-2-1-3-6-7(5)11-4-10-6;/h1,3-4H,(H2,9,12)(H,10,11);/q-1;. The van der Waals surface area contributed by atoms with E-state index in [1.54, 1.807) is 12.1 Å². The second-order valence-corrected chi connectivity index (χ2v) is 2.38. The average Bonchev–Trinajstić information content (AvgIpc) is 2.49. The number of primary amides is 1. The molecule has 0 aliphatic carbocycles. The van der Waals surface area contributed by atoms with Crippen LogP contribution in [0.5, 0.6) is 0 Å². The van der Waals surface area contributed by atoms with Crippen LogP contribution >= 0.6 is 0 Å². The molecule has 0 bridgehead atoms. The fourth-order valence-electron chi connectivity index (χ4n) is 1.10. The smallest absolute Gasteiger partial charge is 0.164 e. The minimum Gasteiger partial charge on any atom is -0.404 e. The van der Waals surface area contributed by atoms with Crippen molar-refractivity contribution in [2.45, 2.75) is 0 Å². The van der Waals surface area contributed by atoms with Crippen LogP contribution in [0, 0.1) is 6.07 Å². The van der Waals surface area contributed by atoms with E-state index in [9.17, 15) is 4.79 Å². The average molecular weight is 249 g/mol. The zero-order valence-electron chi connectivity index (χ0n) is 6.74. The number of aromatic nitrogens is 2. The van der Waals surface area contributed by atoms with Gasteiger partial charge >= 0.3 is 0 Å². The van der Waals surface area contributed by atoms with Gasteiger partial charge in [0.25, 0.3) is 0 Å². The number of nitrogens with one attached hydrogen (secondary N) is 1. The first kappa shape index (κ1) is 10.3. The Hall–Kier alpha value is -0.736. The maximum atomic E-state index is 10.8. The van der Waals surface area contributed by atoms with E-state index >= 15 is 0 Å². The normalized spacial score (nSPS) is 9.54. The second kappa shape index (κ2) is 3.98. The van der Waals surface area contributed by atoms with Crippen LogP contribution in [-0.2, 0) is 32.7 Å². The summed E-state index contributed by atoms with van der Waals surface area (Å²) in [5.74, 6) is -0.507. The van der Waals surface area contributed by atoms with E-state index in [0.29, 0.717) is 11.1 Å². The summed E-state index contributed by atoms with van der Waals surface area (Å²) in [4.78, 5) is 17.7. The van der Waals surface area contributed by atoms with Crippen LogP contribution < -0.4 is 5.73 Å². The van der Waals surface area contributed by atoms with Gasteiger partial charge in [-0.3, -0.25) is 4.98 Å². The molecule has 5 heteroatoms. The quantitative estimate of drug-likeness (QED) is 0.720. The third-order valence-corrected chi connectivity index (χ3v) is 1.63. The summed E-state index contributed by atoms with van der Waals surface area (Å²) < 4.78 is 0. The van der Waals surface area contributed by atoms with Crippen molar-refractivity contribution in [3.63, 3.8) is 0 Å². The molecule has 0 aliphatic heterocycles. The van der Waals surface area contributed by atoms with Gasteiger partial charge < -0.3 is 15.5 Å². The van der Waals surface area contributed by atoms with Crippen molar-refractivity contribution in [1.82, 2.24) is 9.97 Å². The number of carbonyl (C=O) groups is 1. The third-order valence-electron chi connectivity index (χ3n) is 1.63. The number of benzene rings is 1. The van der Waals surface area contributed by atoms with Crippen molar-refractivity contribution in [1.29, 1.82) is 0 Å². The van der Waals surface area contributed by atoms with Crippen molar-refractivity contribution in [2.24, 2.45) is 5.73 Å². The summed E-state index contributed by atoms with van der Waals surface area (Å²) in [5.41, 5.74) is 6.81. The molecule has 1 amide bonds. The van der Waals surface area contributed by atoms with E-state index in [2.05, 4.69) is 16.0 Å². The molecule has 63 valence electrons. The number of hydrogen-bond donors (Lipinski definition) is 2. The van der Waals surface area contributed by atoms with Gasteiger partial charge in [0.15, 0.2) is 5.91 Å². The van der Waals surface area contributed by atoms with Gasteiger partial charge in [-0.2, -0.15) is 0 Å². The summed E-state index contributed by atoms with van der Waals surface area (Å²) in [6, 6.07) is 6.17. The van der Waals surface area contributed by atoms with Gasteiger partial charge in [0, 0.05) is 38.2 Å². The summed E-state index contributed by atoms with van der Waals surface area (Å²) in [6.45, 7) is 0. The molecule has 3 N–H and O–H groups in total. The number of imidazole rings is 1. The molecular weight excluding hydrogens is 243 g/mol. The van der Waals surface area contributed by atoms with E-state index in [1.165, 1.54) is 6.33 Å².